The zero-order valence-corrected chi connectivity index (χ0v) is 18.9. The van der Waals surface area contributed by atoms with Gasteiger partial charge in [0, 0.05) is 19.6 Å². The number of nitrogens with zero attached hydrogens (tertiary/aromatic N) is 1. The van der Waals surface area contributed by atoms with Crippen LogP contribution in [0, 0.1) is 13.8 Å². The van der Waals surface area contributed by atoms with Crippen LogP contribution in [0.5, 0.6) is 5.75 Å². The van der Waals surface area contributed by atoms with Crippen LogP contribution in [0.15, 0.2) is 52.3 Å². The van der Waals surface area contributed by atoms with Crippen molar-refractivity contribution >= 4 is 20.0 Å². The minimum absolute atomic E-state index is 0.0199. The molecular weight excluding hydrogens is 424 g/mol. The summed E-state index contributed by atoms with van der Waals surface area (Å²) in [4.78, 5) is 0.132. The Labute approximate surface area is 179 Å². The molecule has 7 nitrogen and oxygen atoms in total. The third-order valence-electron chi connectivity index (χ3n) is 4.94. The molecule has 1 N–H and O–H groups in total. The zero-order valence-electron chi connectivity index (χ0n) is 17.3. The van der Waals surface area contributed by atoms with Crippen molar-refractivity contribution in [3.05, 3.63) is 53.6 Å². The lowest BCUT2D eigenvalue weighted by Crippen LogP contribution is -2.35. The van der Waals surface area contributed by atoms with Crippen molar-refractivity contribution in [1.29, 1.82) is 0 Å². The van der Waals surface area contributed by atoms with E-state index in [2.05, 4.69) is 4.72 Å². The fraction of sp³-hybridized carbons (Fsp3) is 0.429. The number of nitrogens with one attached hydrogen (secondary N) is 1. The van der Waals surface area contributed by atoms with Gasteiger partial charge in [-0.05, 0) is 74.2 Å². The molecule has 0 atom stereocenters. The van der Waals surface area contributed by atoms with Crippen LogP contribution in [-0.4, -0.2) is 47.4 Å². The fourth-order valence-corrected chi connectivity index (χ4v) is 6.02. The van der Waals surface area contributed by atoms with E-state index < -0.39 is 20.0 Å². The summed E-state index contributed by atoms with van der Waals surface area (Å²) >= 11 is 0. The molecule has 3 rings (SSSR count). The summed E-state index contributed by atoms with van der Waals surface area (Å²) in [6.45, 7) is 5.23. The van der Waals surface area contributed by atoms with Gasteiger partial charge < -0.3 is 4.74 Å². The molecule has 9 heteroatoms. The van der Waals surface area contributed by atoms with Crippen molar-refractivity contribution in [2.24, 2.45) is 0 Å². The molecule has 0 aliphatic carbocycles. The quantitative estimate of drug-likeness (QED) is 0.622. The molecule has 2 aromatic rings. The molecular formula is C21H28N2O5S2. The molecule has 1 saturated heterocycles. The first-order valence-corrected chi connectivity index (χ1v) is 12.9. The lowest BCUT2D eigenvalue weighted by atomic mass is 10.1. The predicted octanol–water partition coefficient (Wildman–Crippen LogP) is 2.84. The predicted molar refractivity (Wildman–Crippen MR) is 116 cm³/mol. The molecule has 0 radical (unpaired) electrons. The summed E-state index contributed by atoms with van der Waals surface area (Å²) in [7, 11) is -7.34. The number of hydrogen-bond acceptors (Lipinski definition) is 5. The lowest BCUT2D eigenvalue weighted by molar-refractivity contribution is 0.322. The zero-order chi connectivity index (χ0) is 21.8. The molecule has 1 fully saturated rings. The third kappa shape index (κ3) is 5.60. The van der Waals surface area contributed by atoms with E-state index in [-0.39, 0.29) is 22.9 Å². The monoisotopic (exact) mass is 452 g/mol. The Morgan fingerprint density at radius 3 is 2.03 bits per heavy atom. The van der Waals surface area contributed by atoms with Gasteiger partial charge in [0.05, 0.1) is 9.79 Å². The maximum atomic E-state index is 12.7. The van der Waals surface area contributed by atoms with Gasteiger partial charge in [0.2, 0.25) is 20.0 Å². The smallest absolute Gasteiger partial charge is 0.243 e. The van der Waals surface area contributed by atoms with Crippen LogP contribution in [0.1, 0.15) is 30.4 Å². The highest BCUT2D eigenvalue weighted by molar-refractivity contribution is 7.89. The second-order valence-electron chi connectivity index (χ2n) is 7.51. The fourth-order valence-electron chi connectivity index (χ4n) is 3.49. The van der Waals surface area contributed by atoms with Gasteiger partial charge in [-0.25, -0.2) is 21.6 Å². The van der Waals surface area contributed by atoms with Crippen LogP contribution < -0.4 is 9.46 Å². The Kier molecular flexibility index (Phi) is 7.18. The van der Waals surface area contributed by atoms with Gasteiger partial charge in [0.1, 0.15) is 12.4 Å². The van der Waals surface area contributed by atoms with Crippen LogP contribution in [0.4, 0.5) is 0 Å². The van der Waals surface area contributed by atoms with Crippen LogP contribution in [0.3, 0.4) is 0 Å². The van der Waals surface area contributed by atoms with Crippen molar-refractivity contribution in [3.63, 3.8) is 0 Å². The Morgan fingerprint density at radius 1 is 0.867 bits per heavy atom. The van der Waals surface area contributed by atoms with E-state index in [1.165, 1.54) is 28.6 Å². The van der Waals surface area contributed by atoms with Crippen molar-refractivity contribution < 1.29 is 21.6 Å². The highest BCUT2D eigenvalue weighted by atomic mass is 32.2. The van der Waals surface area contributed by atoms with Crippen molar-refractivity contribution in [1.82, 2.24) is 9.03 Å². The summed E-state index contributed by atoms with van der Waals surface area (Å²) < 4.78 is 59.9. The van der Waals surface area contributed by atoms with Gasteiger partial charge in [-0.15, -0.1) is 0 Å². The summed E-state index contributed by atoms with van der Waals surface area (Å²) in [6, 6.07) is 11.2. The molecule has 0 aromatic heterocycles. The van der Waals surface area contributed by atoms with Crippen LogP contribution in [0.2, 0.25) is 0 Å². The van der Waals surface area contributed by atoms with Gasteiger partial charge in [-0.1, -0.05) is 12.5 Å². The lowest BCUT2D eigenvalue weighted by Gasteiger charge is -2.25. The van der Waals surface area contributed by atoms with Crippen molar-refractivity contribution in [2.75, 3.05) is 26.2 Å². The highest BCUT2D eigenvalue weighted by Gasteiger charge is 2.26. The van der Waals surface area contributed by atoms with E-state index in [0.717, 1.165) is 30.4 Å². The minimum Gasteiger partial charge on any atom is -0.492 e. The Balaban J connectivity index is 1.59. The first-order valence-electron chi connectivity index (χ1n) is 9.99. The van der Waals surface area contributed by atoms with Crippen molar-refractivity contribution in [2.45, 2.75) is 42.9 Å². The summed E-state index contributed by atoms with van der Waals surface area (Å²) in [5.41, 5.74) is 2.15. The van der Waals surface area contributed by atoms with Gasteiger partial charge in [0.25, 0.3) is 0 Å². The average molecular weight is 453 g/mol. The molecule has 164 valence electrons. The van der Waals surface area contributed by atoms with Crippen molar-refractivity contribution in [3.8, 4) is 5.75 Å². The minimum atomic E-state index is -3.76. The number of aryl methyl sites for hydroxylation is 2. The number of sulfonamides is 2. The van der Waals surface area contributed by atoms with Gasteiger partial charge in [0.15, 0.2) is 0 Å². The maximum absolute atomic E-state index is 12.7. The Bertz CT molecular complexity index is 1050. The van der Waals surface area contributed by atoms with Crippen LogP contribution in [0.25, 0.3) is 0 Å². The van der Waals surface area contributed by atoms with E-state index in [1.54, 1.807) is 0 Å². The molecule has 0 amide bonds. The molecule has 1 aliphatic rings. The molecule has 1 heterocycles. The third-order valence-corrected chi connectivity index (χ3v) is 8.33. The van der Waals surface area contributed by atoms with Crippen LogP contribution >= 0.6 is 0 Å². The Morgan fingerprint density at radius 2 is 1.43 bits per heavy atom. The molecule has 2 aromatic carbocycles. The first-order chi connectivity index (χ1) is 14.2. The van der Waals surface area contributed by atoms with E-state index >= 15 is 0 Å². The molecule has 30 heavy (non-hydrogen) atoms. The number of ether oxygens (including phenoxy) is 1. The largest absolute Gasteiger partial charge is 0.492 e. The van der Waals surface area contributed by atoms with E-state index in [4.69, 9.17) is 4.74 Å². The second kappa shape index (κ2) is 9.47. The molecule has 0 unspecified atom stereocenters. The molecule has 0 bridgehead atoms. The topological polar surface area (TPSA) is 92.8 Å². The number of benzene rings is 2. The molecule has 0 saturated carbocycles. The standard InChI is InChI=1S/C21H28N2O5S2/c1-17-14-18(2)16-19(15-17)28-13-10-22-29(24,25)20-6-8-21(9-7-20)30(26,27)23-11-4-3-5-12-23/h6-9,14-16,22H,3-5,10-13H2,1-2H3. The summed E-state index contributed by atoms with van der Waals surface area (Å²) in [6.07, 6.45) is 2.72. The van der Waals surface area contributed by atoms with E-state index in [9.17, 15) is 16.8 Å². The van der Waals surface area contributed by atoms with E-state index in [1.807, 2.05) is 32.0 Å². The maximum Gasteiger partial charge on any atom is 0.243 e. The normalized spacial score (nSPS) is 15.8. The summed E-state index contributed by atoms with van der Waals surface area (Å²) in [5, 5.41) is 0. The molecule has 0 spiro atoms. The van der Waals surface area contributed by atoms with Gasteiger partial charge in [-0.2, -0.15) is 4.31 Å². The Hall–Kier alpha value is -1.94. The van der Waals surface area contributed by atoms with Crippen LogP contribution in [-0.2, 0) is 20.0 Å². The van der Waals surface area contributed by atoms with Gasteiger partial charge in [-0.3, -0.25) is 0 Å². The van der Waals surface area contributed by atoms with E-state index in [0.29, 0.717) is 18.8 Å². The highest BCUT2D eigenvalue weighted by Crippen LogP contribution is 2.22. The number of hydrogen-bond donors (Lipinski definition) is 1. The SMILES string of the molecule is Cc1cc(C)cc(OCCNS(=O)(=O)c2ccc(S(=O)(=O)N3CCCCC3)cc2)c1. The second-order valence-corrected chi connectivity index (χ2v) is 11.2. The first kappa shape index (κ1) is 22.7. The average Bonchev–Trinajstić information content (AvgIpc) is 2.71. The van der Waals surface area contributed by atoms with Gasteiger partial charge >= 0.3 is 0 Å². The summed E-state index contributed by atoms with van der Waals surface area (Å²) in [5.74, 6) is 0.693. The number of rotatable bonds is 8. The number of piperidine rings is 1. The molecule has 1 aliphatic heterocycles.